The standard InChI is InChI=1S/C25H22Cl2N2O2S/c1-3-32(30,31)21-8-4-6-18(15-21)19-10-11-23(17(2)14-19)29-13-12-28-24(29)16-20-7-5-9-22(26)25(20)27/h4-15H,3,16H2,1-2H3. The zero-order valence-electron chi connectivity index (χ0n) is 17.7. The maximum absolute atomic E-state index is 12.3. The highest BCUT2D eigenvalue weighted by atomic mass is 35.5. The molecule has 4 rings (SSSR count). The van der Waals surface area contributed by atoms with Crippen molar-refractivity contribution in [3.63, 3.8) is 0 Å². The van der Waals surface area contributed by atoms with Gasteiger partial charge in [-0.15, -0.1) is 0 Å². The van der Waals surface area contributed by atoms with E-state index in [4.69, 9.17) is 23.2 Å². The molecule has 1 aromatic heterocycles. The Labute approximate surface area is 198 Å². The Morgan fingerprint density at radius 3 is 2.47 bits per heavy atom. The molecule has 7 heteroatoms. The molecule has 0 bridgehead atoms. The van der Waals surface area contributed by atoms with Gasteiger partial charge in [-0.1, -0.05) is 60.5 Å². The van der Waals surface area contributed by atoms with Gasteiger partial charge in [0.15, 0.2) is 9.84 Å². The summed E-state index contributed by atoms with van der Waals surface area (Å²) in [6, 6.07) is 18.7. The van der Waals surface area contributed by atoms with Crippen molar-refractivity contribution < 1.29 is 8.42 Å². The summed E-state index contributed by atoms with van der Waals surface area (Å²) in [5.74, 6) is 0.926. The number of sulfone groups is 1. The van der Waals surface area contributed by atoms with E-state index in [9.17, 15) is 8.42 Å². The van der Waals surface area contributed by atoms with Crippen molar-refractivity contribution in [3.05, 3.63) is 100 Å². The number of nitrogens with zero attached hydrogens (tertiary/aromatic N) is 2. The van der Waals surface area contributed by atoms with Gasteiger partial charge in [0.2, 0.25) is 0 Å². The van der Waals surface area contributed by atoms with Crippen LogP contribution in [0.2, 0.25) is 10.0 Å². The number of benzene rings is 3. The van der Waals surface area contributed by atoms with Crippen LogP contribution in [0, 0.1) is 6.92 Å². The summed E-state index contributed by atoms with van der Waals surface area (Å²) in [5, 5.41) is 1.06. The third kappa shape index (κ3) is 4.46. The highest BCUT2D eigenvalue weighted by Gasteiger charge is 2.14. The first-order chi connectivity index (χ1) is 15.3. The summed E-state index contributed by atoms with van der Waals surface area (Å²) < 4.78 is 26.6. The Bertz CT molecular complexity index is 1390. The van der Waals surface area contributed by atoms with Gasteiger partial charge in [-0.2, -0.15) is 0 Å². The quantitative estimate of drug-likeness (QED) is 0.312. The van der Waals surface area contributed by atoms with E-state index in [-0.39, 0.29) is 5.75 Å². The molecule has 0 aliphatic carbocycles. The molecule has 0 spiro atoms. The molecule has 0 unspecified atom stereocenters. The fraction of sp³-hybridized carbons (Fsp3) is 0.160. The largest absolute Gasteiger partial charge is 0.303 e. The van der Waals surface area contributed by atoms with E-state index in [2.05, 4.69) is 11.1 Å². The van der Waals surface area contributed by atoms with Crippen LogP contribution >= 0.6 is 23.2 Å². The first-order valence-electron chi connectivity index (χ1n) is 10.2. The topological polar surface area (TPSA) is 52.0 Å². The van der Waals surface area contributed by atoms with Gasteiger partial charge in [0, 0.05) is 24.5 Å². The highest BCUT2D eigenvalue weighted by Crippen LogP contribution is 2.29. The third-order valence-electron chi connectivity index (χ3n) is 5.46. The molecular weight excluding hydrogens is 463 g/mol. The second-order valence-electron chi connectivity index (χ2n) is 7.54. The second-order valence-corrected chi connectivity index (χ2v) is 10.6. The van der Waals surface area contributed by atoms with Crippen molar-refractivity contribution in [3.8, 4) is 16.8 Å². The molecule has 1 heterocycles. The van der Waals surface area contributed by atoms with Crippen LogP contribution < -0.4 is 0 Å². The van der Waals surface area contributed by atoms with Crippen molar-refractivity contribution in [1.29, 1.82) is 0 Å². The molecule has 0 saturated heterocycles. The number of hydrogen-bond donors (Lipinski definition) is 0. The number of aromatic nitrogens is 2. The molecule has 0 aliphatic rings. The molecule has 4 nitrogen and oxygen atoms in total. The van der Waals surface area contributed by atoms with E-state index in [1.54, 1.807) is 37.4 Å². The predicted octanol–water partition coefficient (Wildman–Crippen LogP) is 6.54. The van der Waals surface area contributed by atoms with Crippen molar-refractivity contribution >= 4 is 33.0 Å². The lowest BCUT2D eigenvalue weighted by Crippen LogP contribution is -2.04. The molecule has 0 atom stereocenters. The minimum Gasteiger partial charge on any atom is -0.303 e. The van der Waals surface area contributed by atoms with Gasteiger partial charge >= 0.3 is 0 Å². The first-order valence-corrected chi connectivity index (χ1v) is 12.6. The molecule has 0 fully saturated rings. The molecule has 4 aromatic rings. The monoisotopic (exact) mass is 484 g/mol. The van der Waals surface area contributed by atoms with E-state index in [0.29, 0.717) is 21.4 Å². The summed E-state index contributed by atoms with van der Waals surface area (Å²) in [5.41, 5.74) is 4.78. The first kappa shape index (κ1) is 22.6. The Morgan fingerprint density at radius 1 is 0.969 bits per heavy atom. The van der Waals surface area contributed by atoms with Crippen LogP contribution in [0.5, 0.6) is 0 Å². The van der Waals surface area contributed by atoms with Gasteiger partial charge in [0.05, 0.1) is 20.7 Å². The van der Waals surface area contributed by atoms with Gasteiger partial charge in [0.25, 0.3) is 0 Å². The summed E-state index contributed by atoms with van der Waals surface area (Å²) in [6.07, 6.45) is 4.23. The second kappa shape index (κ2) is 9.10. The zero-order chi connectivity index (χ0) is 22.9. The Balaban J connectivity index is 1.68. The number of hydrogen-bond acceptors (Lipinski definition) is 3. The molecule has 0 N–H and O–H groups in total. The maximum atomic E-state index is 12.3. The number of halogens is 2. The third-order valence-corrected chi connectivity index (χ3v) is 8.05. The van der Waals surface area contributed by atoms with Gasteiger partial charge in [-0.25, -0.2) is 13.4 Å². The van der Waals surface area contributed by atoms with Crippen molar-refractivity contribution in [1.82, 2.24) is 9.55 Å². The lowest BCUT2D eigenvalue weighted by Gasteiger charge is -2.14. The summed E-state index contributed by atoms with van der Waals surface area (Å²) in [7, 11) is -3.26. The molecule has 3 aromatic carbocycles. The lowest BCUT2D eigenvalue weighted by molar-refractivity contribution is 0.597. The lowest BCUT2D eigenvalue weighted by atomic mass is 10.0. The number of aryl methyl sites for hydroxylation is 1. The smallest absolute Gasteiger partial charge is 0.178 e. The number of rotatable bonds is 6. The Kier molecular flexibility index (Phi) is 6.42. The number of imidazole rings is 1. The van der Waals surface area contributed by atoms with E-state index >= 15 is 0 Å². The van der Waals surface area contributed by atoms with Crippen LogP contribution in [0.3, 0.4) is 0 Å². The van der Waals surface area contributed by atoms with Crippen LogP contribution in [0.25, 0.3) is 16.8 Å². The average Bonchev–Trinajstić information content (AvgIpc) is 3.24. The molecule has 0 amide bonds. The summed E-state index contributed by atoms with van der Waals surface area (Å²) in [4.78, 5) is 4.87. The van der Waals surface area contributed by atoms with Gasteiger partial charge < -0.3 is 4.57 Å². The van der Waals surface area contributed by atoms with Crippen molar-refractivity contribution in [2.45, 2.75) is 25.2 Å². The fourth-order valence-corrected chi connectivity index (χ4v) is 4.99. The summed E-state index contributed by atoms with van der Waals surface area (Å²) in [6.45, 7) is 3.68. The molecule has 0 aliphatic heterocycles. The van der Waals surface area contributed by atoms with Crippen LogP contribution in [0.1, 0.15) is 23.9 Å². The Morgan fingerprint density at radius 2 is 1.72 bits per heavy atom. The minimum absolute atomic E-state index is 0.0778. The van der Waals surface area contributed by atoms with E-state index in [1.165, 1.54) is 0 Å². The molecule has 32 heavy (non-hydrogen) atoms. The molecule has 0 saturated carbocycles. The molecule has 164 valence electrons. The van der Waals surface area contributed by atoms with Gasteiger partial charge in [-0.3, -0.25) is 0 Å². The van der Waals surface area contributed by atoms with Crippen LogP contribution in [-0.2, 0) is 16.3 Å². The zero-order valence-corrected chi connectivity index (χ0v) is 20.0. The van der Waals surface area contributed by atoms with Crippen LogP contribution in [-0.4, -0.2) is 23.7 Å². The molecule has 0 radical (unpaired) electrons. The van der Waals surface area contributed by atoms with Crippen molar-refractivity contribution in [2.24, 2.45) is 0 Å². The normalized spacial score (nSPS) is 11.6. The van der Waals surface area contributed by atoms with Gasteiger partial charge in [0.1, 0.15) is 5.82 Å². The minimum atomic E-state index is -3.26. The fourth-order valence-electron chi connectivity index (χ4n) is 3.68. The van der Waals surface area contributed by atoms with Crippen LogP contribution in [0.4, 0.5) is 0 Å². The highest BCUT2D eigenvalue weighted by molar-refractivity contribution is 7.91. The van der Waals surface area contributed by atoms with E-state index in [0.717, 1.165) is 33.8 Å². The predicted molar refractivity (Wildman–Crippen MR) is 131 cm³/mol. The Hall–Kier alpha value is -2.60. The average molecular weight is 485 g/mol. The maximum Gasteiger partial charge on any atom is 0.178 e. The molecular formula is C25H22Cl2N2O2S. The van der Waals surface area contributed by atoms with E-state index < -0.39 is 9.84 Å². The van der Waals surface area contributed by atoms with E-state index in [1.807, 2.05) is 48.0 Å². The SMILES string of the molecule is CCS(=O)(=O)c1cccc(-c2ccc(-n3ccnc3Cc3cccc(Cl)c3Cl)c(C)c2)c1. The van der Waals surface area contributed by atoms with Crippen LogP contribution in [0.15, 0.2) is 78.0 Å². The summed E-state index contributed by atoms with van der Waals surface area (Å²) >= 11 is 12.5. The van der Waals surface area contributed by atoms with Gasteiger partial charge in [-0.05, 0) is 59.5 Å². The van der Waals surface area contributed by atoms with Crippen molar-refractivity contribution in [2.75, 3.05) is 5.75 Å².